The Morgan fingerprint density at radius 2 is 1.76 bits per heavy atom. The Morgan fingerprint density at radius 3 is 2.57 bits per heavy atom. The fraction of sp³-hybridized carbons (Fsp3) is 0.0588. The lowest BCUT2D eigenvalue weighted by Crippen LogP contribution is -1.86. The summed E-state index contributed by atoms with van der Waals surface area (Å²) >= 11 is 5.97. The van der Waals surface area contributed by atoms with E-state index < -0.39 is 0 Å². The predicted octanol–water partition coefficient (Wildman–Crippen LogP) is 5.00. The maximum Gasteiger partial charge on any atom is 0.223 e. The Hall–Kier alpha value is -2.39. The number of aryl methyl sites for hydroxylation is 1. The molecule has 0 amide bonds. The van der Waals surface area contributed by atoms with E-state index in [-0.39, 0.29) is 5.28 Å². The standard InChI is InChI=1S/C17H11ClN2O/c1-10-16-15(20-17(18)19-10)13-9-12(7-8-14(13)21-16)11-5-3-2-4-6-11/h2-9H,1H3. The van der Waals surface area contributed by atoms with Crippen LogP contribution < -0.4 is 0 Å². The van der Waals surface area contributed by atoms with Crippen molar-refractivity contribution >= 4 is 33.7 Å². The van der Waals surface area contributed by atoms with Crippen LogP contribution in [0.4, 0.5) is 0 Å². The molecule has 4 rings (SSSR count). The van der Waals surface area contributed by atoms with Crippen molar-refractivity contribution in [2.45, 2.75) is 6.92 Å². The molecule has 0 fully saturated rings. The highest BCUT2D eigenvalue weighted by atomic mass is 35.5. The molecule has 4 heteroatoms. The normalized spacial score (nSPS) is 11.3. The first-order valence-corrected chi connectivity index (χ1v) is 7.02. The van der Waals surface area contributed by atoms with Crippen LogP contribution in [0.3, 0.4) is 0 Å². The third-order valence-electron chi connectivity index (χ3n) is 3.56. The van der Waals surface area contributed by atoms with Crippen LogP contribution in [0, 0.1) is 6.92 Å². The monoisotopic (exact) mass is 294 g/mol. The van der Waals surface area contributed by atoms with Crippen LogP contribution in [0.1, 0.15) is 5.69 Å². The van der Waals surface area contributed by atoms with Gasteiger partial charge in [0.25, 0.3) is 0 Å². The van der Waals surface area contributed by atoms with Gasteiger partial charge < -0.3 is 4.42 Å². The van der Waals surface area contributed by atoms with E-state index in [2.05, 4.69) is 28.2 Å². The Labute approximate surface area is 126 Å². The highest BCUT2D eigenvalue weighted by Gasteiger charge is 2.13. The van der Waals surface area contributed by atoms with Gasteiger partial charge in [0.05, 0.1) is 5.69 Å². The summed E-state index contributed by atoms with van der Waals surface area (Å²) in [6, 6.07) is 16.3. The van der Waals surface area contributed by atoms with Gasteiger partial charge in [-0.2, -0.15) is 0 Å². The zero-order valence-corrected chi connectivity index (χ0v) is 12.1. The van der Waals surface area contributed by atoms with Crippen molar-refractivity contribution < 1.29 is 4.42 Å². The quantitative estimate of drug-likeness (QED) is 0.463. The van der Waals surface area contributed by atoms with E-state index in [0.29, 0.717) is 5.58 Å². The fourth-order valence-corrected chi connectivity index (χ4v) is 2.77. The van der Waals surface area contributed by atoms with Crippen LogP contribution in [0.5, 0.6) is 0 Å². The minimum Gasteiger partial charge on any atom is -0.452 e. The molecule has 0 atom stereocenters. The van der Waals surface area contributed by atoms with Crippen molar-refractivity contribution in [3.8, 4) is 11.1 Å². The van der Waals surface area contributed by atoms with Crippen LogP contribution in [-0.2, 0) is 0 Å². The van der Waals surface area contributed by atoms with E-state index in [1.807, 2.05) is 37.3 Å². The average Bonchev–Trinajstić information content (AvgIpc) is 2.86. The number of benzene rings is 2. The van der Waals surface area contributed by atoms with Crippen LogP contribution in [0.2, 0.25) is 5.28 Å². The molecular weight excluding hydrogens is 284 g/mol. The summed E-state index contributed by atoms with van der Waals surface area (Å²) in [6.45, 7) is 1.87. The maximum absolute atomic E-state index is 5.97. The third-order valence-corrected chi connectivity index (χ3v) is 3.73. The molecule has 0 aliphatic heterocycles. The molecule has 0 unspecified atom stereocenters. The zero-order chi connectivity index (χ0) is 14.4. The molecule has 2 heterocycles. The molecule has 0 spiro atoms. The van der Waals surface area contributed by atoms with Gasteiger partial charge in [-0.25, -0.2) is 9.97 Å². The van der Waals surface area contributed by atoms with Gasteiger partial charge in [0, 0.05) is 5.39 Å². The minimum absolute atomic E-state index is 0.243. The van der Waals surface area contributed by atoms with E-state index >= 15 is 0 Å². The summed E-state index contributed by atoms with van der Waals surface area (Å²) in [6.07, 6.45) is 0. The van der Waals surface area contributed by atoms with Gasteiger partial charge in [0.1, 0.15) is 11.1 Å². The number of hydrogen-bond acceptors (Lipinski definition) is 3. The smallest absolute Gasteiger partial charge is 0.223 e. The number of aromatic nitrogens is 2. The van der Waals surface area contributed by atoms with Crippen LogP contribution in [0.15, 0.2) is 52.9 Å². The number of furan rings is 1. The molecule has 3 nitrogen and oxygen atoms in total. The third kappa shape index (κ3) is 1.98. The number of rotatable bonds is 1. The fourth-order valence-electron chi connectivity index (χ4n) is 2.56. The van der Waals surface area contributed by atoms with Crippen molar-refractivity contribution in [3.63, 3.8) is 0 Å². The van der Waals surface area contributed by atoms with E-state index in [9.17, 15) is 0 Å². The van der Waals surface area contributed by atoms with Gasteiger partial charge in [-0.1, -0.05) is 36.4 Å². The Bertz CT molecular complexity index is 961. The summed E-state index contributed by atoms with van der Waals surface area (Å²) < 4.78 is 5.85. The van der Waals surface area contributed by atoms with Crippen molar-refractivity contribution in [1.29, 1.82) is 0 Å². The topological polar surface area (TPSA) is 38.9 Å². The zero-order valence-electron chi connectivity index (χ0n) is 11.3. The Kier molecular flexibility index (Phi) is 2.69. The molecule has 0 saturated carbocycles. The van der Waals surface area contributed by atoms with E-state index in [0.717, 1.165) is 33.3 Å². The van der Waals surface area contributed by atoms with Crippen molar-refractivity contribution in [2.24, 2.45) is 0 Å². The molecular formula is C17H11ClN2O. The predicted molar refractivity (Wildman–Crippen MR) is 84.5 cm³/mol. The molecule has 0 N–H and O–H groups in total. The van der Waals surface area contributed by atoms with Gasteiger partial charge in [-0.05, 0) is 41.8 Å². The van der Waals surface area contributed by atoms with Gasteiger partial charge in [0.15, 0.2) is 5.58 Å². The molecule has 102 valence electrons. The lowest BCUT2D eigenvalue weighted by molar-refractivity contribution is 0.661. The average molecular weight is 295 g/mol. The first-order chi connectivity index (χ1) is 10.2. The van der Waals surface area contributed by atoms with E-state index in [1.54, 1.807) is 0 Å². The van der Waals surface area contributed by atoms with Crippen LogP contribution in [0.25, 0.3) is 33.2 Å². The Balaban J connectivity index is 2.05. The molecule has 0 bridgehead atoms. The van der Waals surface area contributed by atoms with Crippen molar-refractivity contribution in [2.75, 3.05) is 0 Å². The summed E-state index contributed by atoms with van der Waals surface area (Å²) in [4.78, 5) is 8.46. The maximum atomic E-state index is 5.97. The number of fused-ring (bicyclic) bond motifs is 3. The lowest BCUT2D eigenvalue weighted by Gasteiger charge is -2.00. The largest absolute Gasteiger partial charge is 0.452 e. The van der Waals surface area contributed by atoms with E-state index in [4.69, 9.17) is 16.0 Å². The molecule has 0 radical (unpaired) electrons. The van der Waals surface area contributed by atoms with Crippen LogP contribution >= 0.6 is 11.6 Å². The molecule has 0 aliphatic carbocycles. The van der Waals surface area contributed by atoms with Crippen molar-refractivity contribution in [1.82, 2.24) is 9.97 Å². The molecule has 0 aliphatic rings. The van der Waals surface area contributed by atoms with Gasteiger partial charge in [-0.15, -0.1) is 0 Å². The highest BCUT2D eigenvalue weighted by Crippen LogP contribution is 2.32. The number of halogens is 1. The molecule has 0 saturated heterocycles. The molecule has 4 aromatic rings. The molecule has 21 heavy (non-hydrogen) atoms. The van der Waals surface area contributed by atoms with E-state index in [1.165, 1.54) is 0 Å². The molecule has 2 aromatic carbocycles. The minimum atomic E-state index is 0.243. The highest BCUT2D eigenvalue weighted by molar-refractivity contribution is 6.28. The lowest BCUT2D eigenvalue weighted by atomic mass is 10.0. The first-order valence-electron chi connectivity index (χ1n) is 6.64. The first kappa shape index (κ1) is 12.4. The Morgan fingerprint density at radius 1 is 0.952 bits per heavy atom. The summed E-state index contributed by atoms with van der Waals surface area (Å²) in [5, 5.41) is 1.20. The van der Waals surface area contributed by atoms with Gasteiger partial charge in [0.2, 0.25) is 5.28 Å². The summed E-state index contributed by atoms with van der Waals surface area (Å²) in [7, 11) is 0. The van der Waals surface area contributed by atoms with Crippen LogP contribution in [-0.4, -0.2) is 9.97 Å². The second-order valence-electron chi connectivity index (χ2n) is 4.93. The summed E-state index contributed by atoms with van der Waals surface area (Å²) in [5.74, 6) is 0. The number of nitrogens with zero attached hydrogens (tertiary/aromatic N) is 2. The summed E-state index contributed by atoms with van der Waals surface area (Å²) in [5.41, 5.74) is 5.29. The second-order valence-corrected chi connectivity index (χ2v) is 5.27. The van der Waals surface area contributed by atoms with Gasteiger partial charge >= 0.3 is 0 Å². The number of hydrogen-bond donors (Lipinski definition) is 0. The SMILES string of the molecule is Cc1nc(Cl)nc2c1oc1ccc(-c3ccccc3)cc12. The molecule has 2 aromatic heterocycles. The second kappa shape index (κ2) is 4.57. The van der Waals surface area contributed by atoms with Gasteiger partial charge in [-0.3, -0.25) is 0 Å². The van der Waals surface area contributed by atoms with Crippen molar-refractivity contribution in [3.05, 3.63) is 59.5 Å².